The Kier molecular flexibility index (Phi) is 6.43. The van der Waals surface area contributed by atoms with E-state index in [4.69, 9.17) is 9.47 Å². The first-order valence-electron chi connectivity index (χ1n) is 10.9. The van der Waals surface area contributed by atoms with E-state index < -0.39 is 0 Å². The highest BCUT2D eigenvalue weighted by molar-refractivity contribution is 5.79. The van der Waals surface area contributed by atoms with Gasteiger partial charge in [0, 0.05) is 73.9 Å². The van der Waals surface area contributed by atoms with Crippen LogP contribution in [-0.4, -0.2) is 85.4 Å². The average Bonchev–Trinajstić information content (AvgIpc) is 2.82. The van der Waals surface area contributed by atoms with Crippen LogP contribution < -0.4 is 14.5 Å². The molecule has 0 radical (unpaired) electrons. The quantitative estimate of drug-likeness (QED) is 0.511. The van der Waals surface area contributed by atoms with E-state index in [-0.39, 0.29) is 22.7 Å². The van der Waals surface area contributed by atoms with Crippen LogP contribution in [0, 0.1) is 10.1 Å². The summed E-state index contributed by atoms with van der Waals surface area (Å²) in [6.07, 6.45) is 3.39. The lowest BCUT2D eigenvalue weighted by atomic mass is 10.0. The molecule has 2 aliphatic heterocycles. The third-order valence-electron chi connectivity index (χ3n) is 6.44. The van der Waals surface area contributed by atoms with Gasteiger partial charge >= 0.3 is 0 Å². The summed E-state index contributed by atoms with van der Waals surface area (Å²) >= 11 is 0. The summed E-state index contributed by atoms with van der Waals surface area (Å²) in [7, 11) is 3.66. The van der Waals surface area contributed by atoms with E-state index in [0.717, 1.165) is 13.1 Å². The predicted octanol–water partition coefficient (Wildman–Crippen LogP) is 2.43. The van der Waals surface area contributed by atoms with E-state index in [1.54, 1.807) is 31.6 Å². The fraction of sp³-hybridized carbons (Fsp3) is 0.545. The molecule has 0 spiro atoms. The Labute approximate surface area is 187 Å². The van der Waals surface area contributed by atoms with Gasteiger partial charge < -0.3 is 19.3 Å². The Morgan fingerprint density at radius 2 is 1.72 bits per heavy atom. The topological polar surface area (TPSA) is 97.1 Å². The molecular weight excluding hydrogens is 412 g/mol. The van der Waals surface area contributed by atoms with Crippen molar-refractivity contribution in [2.75, 3.05) is 63.4 Å². The maximum absolute atomic E-state index is 12.0. The molecule has 2 atom stereocenters. The van der Waals surface area contributed by atoms with E-state index in [9.17, 15) is 10.1 Å². The Morgan fingerprint density at radius 3 is 2.28 bits per heavy atom. The smallest absolute Gasteiger partial charge is 0.293 e. The summed E-state index contributed by atoms with van der Waals surface area (Å²) in [5.74, 6) is 1.19. The molecular formula is C22H30N6O4. The number of benzene rings is 1. The highest BCUT2D eigenvalue weighted by Gasteiger charge is 2.31. The fourth-order valence-corrected chi connectivity index (χ4v) is 4.34. The normalized spacial score (nSPS) is 22.1. The van der Waals surface area contributed by atoms with Gasteiger partial charge in [-0.1, -0.05) is 0 Å². The molecule has 3 heterocycles. The Bertz CT molecular complexity index is 952. The molecule has 4 rings (SSSR count). The highest BCUT2D eigenvalue weighted by Crippen LogP contribution is 2.41. The minimum absolute atomic E-state index is 0.0574. The van der Waals surface area contributed by atoms with Crippen molar-refractivity contribution in [3.8, 4) is 16.9 Å². The van der Waals surface area contributed by atoms with E-state index in [1.807, 2.05) is 0 Å². The fourth-order valence-electron chi connectivity index (χ4n) is 4.34. The molecule has 2 fully saturated rings. The molecule has 0 aliphatic carbocycles. The van der Waals surface area contributed by atoms with Gasteiger partial charge in [-0.2, -0.15) is 0 Å². The van der Waals surface area contributed by atoms with Crippen molar-refractivity contribution in [1.29, 1.82) is 0 Å². The lowest BCUT2D eigenvalue weighted by Crippen LogP contribution is -2.55. The first kappa shape index (κ1) is 22.2. The van der Waals surface area contributed by atoms with Gasteiger partial charge in [-0.05, 0) is 20.9 Å². The van der Waals surface area contributed by atoms with Crippen LogP contribution in [0.1, 0.15) is 13.8 Å². The number of ether oxygens (including phenoxy) is 2. The second-order valence-corrected chi connectivity index (χ2v) is 8.44. The average molecular weight is 443 g/mol. The van der Waals surface area contributed by atoms with Crippen molar-refractivity contribution in [2.24, 2.45) is 0 Å². The molecule has 2 aromatic rings. The van der Waals surface area contributed by atoms with Gasteiger partial charge in [0.15, 0.2) is 0 Å². The Hall–Kier alpha value is -2.98. The van der Waals surface area contributed by atoms with E-state index in [1.165, 1.54) is 0 Å². The van der Waals surface area contributed by atoms with Crippen molar-refractivity contribution in [3.05, 3.63) is 34.6 Å². The maximum atomic E-state index is 12.0. The van der Waals surface area contributed by atoms with Gasteiger partial charge in [0.05, 0.1) is 25.2 Å². The zero-order chi connectivity index (χ0) is 22.8. The Balaban J connectivity index is 1.69. The number of aromatic nitrogens is 2. The summed E-state index contributed by atoms with van der Waals surface area (Å²) in [6.45, 7) is 8.46. The van der Waals surface area contributed by atoms with Crippen molar-refractivity contribution in [3.63, 3.8) is 0 Å². The molecule has 0 saturated carbocycles. The lowest BCUT2D eigenvalue weighted by Gasteiger charge is -2.43. The third-order valence-corrected chi connectivity index (χ3v) is 6.44. The number of piperazine rings is 1. The minimum atomic E-state index is -0.325. The maximum Gasteiger partial charge on any atom is 0.293 e. The standard InChI is InChI=1S/C22H30N6O4/c1-15-13-27(14-16(2)25(15)3)19-10-21(31-4)18(9-20(19)28(29)30)17-11-23-22(24-12-17)26-5-7-32-8-6-26/h9-12,15-16H,5-8,13-14H2,1-4H3/t15-,16?/m1/s1. The number of rotatable bonds is 5. The SMILES string of the molecule is COc1cc(N2CC(C)N(C)[C@H](C)C2)c([N+](=O)[O-])cc1-c1cnc(N2CCOCC2)nc1. The van der Waals surface area contributed by atoms with E-state index in [2.05, 4.69) is 45.6 Å². The number of morpholine rings is 1. The Morgan fingerprint density at radius 1 is 1.09 bits per heavy atom. The number of nitro groups is 1. The van der Waals surface area contributed by atoms with Crippen LogP contribution >= 0.6 is 0 Å². The summed E-state index contributed by atoms with van der Waals surface area (Å²) in [6, 6.07) is 3.92. The summed E-state index contributed by atoms with van der Waals surface area (Å²) in [4.78, 5) is 27.1. The van der Waals surface area contributed by atoms with Crippen LogP contribution in [0.5, 0.6) is 5.75 Å². The number of methoxy groups -OCH3 is 1. The van der Waals surface area contributed by atoms with E-state index in [0.29, 0.717) is 54.8 Å². The summed E-state index contributed by atoms with van der Waals surface area (Å²) < 4.78 is 11.0. The van der Waals surface area contributed by atoms with Crippen molar-refractivity contribution in [1.82, 2.24) is 14.9 Å². The minimum Gasteiger partial charge on any atom is -0.496 e. The molecule has 1 aromatic heterocycles. The molecule has 10 nitrogen and oxygen atoms in total. The molecule has 10 heteroatoms. The second-order valence-electron chi connectivity index (χ2n) is 8.44. The molecule has 2 saturated heterocycles. The largest absolute Gasteiger partial charge is 0.496 e. The molecule has 0 N–H and O–H groups in total. The van der Waals surface area contributed by atoms with Gasteiger partial charge in [-0.15, -0.1) is 0 Å². The number of nitro benzene ring substituents is 1. The first-order valence-corrected chi connectivity index (χ1v) is 10.9. The second kappa shape index (κ2) is 9.25. The predicted molar refractivity (Wildman–Crippen MR) is 123 cm³/mol. The zero-order valence-corrected chi connectivity index (χ0v) is 19.0. The highest BCUT2D eigenvalue weighted by atomic mass is 16.6. The number of anilines is 2. The van der Waals surface area contributed by atoms with Crippen LogP contribution in [0.15, 0.2) is 24.5 Å². The van der Waals surface area contributed by atoms with Crippen LogP contribution in [0.25, 0.3) is 11.1 Å². The number of hydrogen-bond donors (Lipinski definition) is 0. The molecule has 2 aliphatic rings. The van der Waals surface area contributed by atoms with Gasteiger partial charge in [0.1, 0.15) is 11.4 Å². The van der Waals surface area contributed by atoms with Gasteiger partial charge in [-0.3, -0.25) is 15.0 Å². The third kappa shape index (κ3) is 4.33. The van der Waals surface area contributed by atoms with Crippen molar-refractivity contribution >= 4 is 17.3 Å². The monoisotopic (exact) mass is 442 g/mol. The number of nitrogens with zero attached hydrogens (tertiary/aromatic N) is 6. The van der Waals surface area contributed by atoms with Crippen molar-refractivity contribution in [2.45, 2.75) is 25.9 Å². The molecule has 32 heavy (non-hydrogen) atoms. The van der Waals surface area contributed by atoms with Crippen LogP contribution in [-0.2, 0) is 4.74 Å². The van der Waals surface area contributed by atoms with Crippen LogP contribution in [0.4, 0.5) is 17.3 Å². The van der Waals surface area contributed by atoms with Crippen LogP contribution in [0.3, 0.4) is 0 Å². The molecule has 1 unspecified atom stereocenters. The first-order chi connectivity index (χ1) is 15.4. The molecule has 0 bridgehead atoms. The summed E-state index contributed by atoms with van der Waals surface area (Å²) in [5.41, 5.74) is 1.91. The summed E-state index contributed by atoms with van der Waals surface area (Å²) in [5, 5.41) is 12.0. The van der Waals surface area contributed by atoms with Crippen molar-refractivity contribution < 1.29 is 14.4 Å². The molecule has 172 valence electrons. The van der Waals surface area contributed by atoms with Gasteiger partial charge in [0.2, 0.25) is 5.95 Å². The molecule has 1 aromatic carbocycles. The van der Waals surface area contributed by atoms with Gasteiger partial charge in [-0.25, -0.2) is 9.97 Å². The number of likely N-dealkylation sites (N-methyl/N-ethyl adjacent to an activating group) is 1. The molecule has 0 amide bonds. The lowest BCUT2D eigenvalue weighted by molar-refractivity contribution is -0.384. The van der Waals surface area contributed by atoms with Gasteiger partial charge in [0.25, 0.3) is 5.69 Å². The zero-order valence-electron chi connectivity index (χ0n) is 19.0. The van der Waals surface area contributed by atoms with Crippen LogP contribution in [0.2, 0.25) is 0 Å². The number of hydrogen-bond acceptors (Lipinski definition) is 9. The van der Waals surface area contributed by atoms with E-state index >= 15 is 0 Å².